The van der Waals surface area contributed by atoms with Crippen LogP contribution in [0.5, 0.6) is 0 Å². The summed E-state index contributed by atoms with van der Waals surface area (Å²) in [7, 11) is -9.93. The van der Waals surface area contributed by atoms with Crippen molar-refractivity contribution in [3.8, 4) is 0 Å². The first kappa shape index (κ1) is 103. The SMILES string of the molecule is CCCCCCCCCCCCC(=O)OC[C@H](COP(=O)(O)OC[C@H](O)COP(=O)(O)OC[C@@H](COC(=O)CCCCCCCCCCCCCCCCCC(C)C)OC(=O)CCCCCCCCCCCCCCCCCCC(C)C)OC(=O)CCCCCCCCCCCCCCCCCC(C)C. The lowest BCUT2D eigenvalue weighted by atomic mass is 10.0. The van der Waals surface area contributed by atoms with Gasteiger partial charge in [0.1, 0.15) is 19.3 Å². The summed E-state index contributed by atoms with van der Waals surface area (Å²) >= 11 is 0. The minimum Gasteiger partial charge on any atom is -0.462 e. The first-order chi connectivity index (χ1) is 50.7. The topological polar surface area (TPSA) is 237 Å². The Morgan fingerprint density at radius 2 is 0.438 bits per heavy atom. The lowest BCUT2D eigenvalue weighted by Gasteiger charge is -2.21. The summed E-state index contributed by atoms with van der Waals surface area (Å²) in [5.74, 6) is 0.315. The molecule has 0 aromatic rings. The van der Waals surface area contributed by atoms with E-state index >= 15 is 0 Å². The van der Waals surface area contributed by atoms with Gasteiger partial charge in [-0.15, -0.1) is 0 Å². The predicted octanol–water partition coefficient (Wildman–Crippen LogP) is 26.1. The molecule has 0 aromatic heterocycles. The average molecular weight is 1540 g/mol. The Morgan fingerprint density at radius 3 is 0.648 bits per heavy atom. The van der Waals surface area contributed by atoms with Gasteiger partial charge in [0.05, 0.1) is 26.4 Å². The lowest BCUT2D eigenvalue weighted by molar-refractivity contribution is -0.161. The monoisotopic (exact) mass is 1540 g/mol. The van der Waals surface area contributed by atoms with E-state index in [-0.39, 0.29) is 25.7 Å². The third-order valence-corrected chi connectivity index (χ3v) is 22.0. The van der Waals surface area contributed by atoms with Crippen LogP contribution in [-0.4, -0.2) is 96.7 Å². The first-order valence-electron chi connectivity index (χ1n) is 44.3. The molecule has 2 unspecified atom stereocenters. The third kappa shape index (κ3) is 79.9. The molecule has 0 aliphatic heterocycles. The van der Waals surface area contributed by atoms with Gasteiger partial charge in [0.15, 0.2) is 12.2 Å². The van der Waals surface area contributed by atoms with Crippen molar-refractivity contribution in [2.45, 2.75) is 471 Å². The van der Waals surface area contributed by atoms with Gasteiger partial charge in [-0.25, -0.2) is 9.13 Å². The molecule has 0 saturated carbocycles. The molecular weight excluding hydrogens is 1370 g/mol. The molecule has 19 heteroatoms. The highest BCUT2D eigenvalue weighted by Crippen LogP contribution is 2.45. The van der Waals surface area contributed by atoms with Crippen LogP contribution in [0.4, 0.5) is 0 Å². The number of esters is 4. The van der Waals surface area contributed by atoms with E-state index in [0.29, 0.717) is 25.7 Å². The highest BCUT2D eigenvalue weighted by atomic mass is 31.2. The van der Waals surface area contributed by atoms with Gasteiger partial charge in [0.25, 0.3) is 0 Å². The summed E-state index contributed by atoms with van der Waals surface area (Å²) in [4.78, 5) is 73.2. The van der Waals surface area contributed by atoms with Gasteiger partial charge in [-0.2, -0.15) is 0 Å². The number of phosphoric acid groups is 2. The number of hydrogen-bond acceptors (Lipinski definition) is 15. The number of hydrogen-bond donors (Lipinski definition) is 3. The van der Waals surface area contributed by atoms with Crippen molar-refractivity contribution < 1.29 is 80.2 Å². The van der Waals surface area contributed by atoms with E-state index in [1.165, 1.54) is 263 Å². The van der Waals surface area contributed by atoms with E-state index < -0.39 is 97.5 Å². The second-order valence-electron chi connectivity index (χ2n) is 32.4. The van der Waals surface area contributed by atoms with Crippen LogP contribution in [0.25, 0.3) is 0 Å². The van der Waals surface area contributed by atoms with Gasteiger partial charge in [-0.05, 0) is 43.4 Å². The molecule has 3 N–H and O–H groups in total. The number of aliphatic hydroxyl groups is 1. The van der Waals surface area contributed by atoms with E-state index in [9.17, 15) is 43.2 Å². The van der Waals surface area contributed by atoms with Crippen molar-refractivity contribution in [2.24, 2.45) is 17.8 Å². The molecule has 0 rings (SSSR count). The number of phosphoric ester groups is 2. The molecule has 0 aliphatic rings. The molecule has 0 bridgehead atoms. The molecule has 105 heavy (non-hydrogen) atoms. The summed E-state index contributed by atoms with van der Waals surface area (Å²) in [5.41, 5.74) is 0. The zero-order valence-corrected chi connectivity index (χ0v) is 71.0. The smallest absolute Gasteiger partial charge is 0.462 e. The van der Waals surface area contributed by atoms with E-state index in [1.807, 2.05) is 0 Å². The first-order valence-corrected chi connectivity index (χ1v) is 47.3. The second-order valence-corrected chi connectivity index (χ2v) is 35.3. The number of carbonyl (C=O) groups is 4. The second kappa shape index (κ2) is 76.1. The van der Waals surface area contributed by atoms with Crippen LogP contribution in [0, 0.1) is 17.8 Å². The molecule has 0 radical (unpaired) electrons. The fourth-order valence-electron chi connectivity index (χ4n) is 13.4. The summed E-state index contributed by atoms with van der Waals surface area (Å²) in [6, 6.07) is 0. The largest absolute Gasteiger partial charge is 0.472 e. The van der Waals surface area contributed by atoms with Crippen molar-refractivity contribution in [1.29, 1.82) is 0 Å². The van der Waals surface area contributed by atoms with E-state index in [0.717, 1.165) is 108 Å². The zero-order chi connectivity index (χ0) is 77.2. The maximum Gasteiger partial charge on any atom is 0.472 e. The lowest BCUT2D eigenvalue weighted by Crippen LogP contribution is -2.30. The minimum absolute atomic E-state index is 0.108. The van der Waals surface area contributed by atoms with Gasteiger partial charge in [-0.3, -0.25) is 37.3 Å². The van der Waals surface area contributed by atoms with Crippen molar-refractivity contribution >= 4 is 39.5 Å². The summed E-state index contributed by atoms with van der Waals surface area (Å²) < 4.78 is 68.9. The Morgan fingerprint density at radius 1 is 0.257 bits per heavy atom. The van der Waals surface area contributed by atoms with Gasteiger partial charge in [0.2, 0.25) is 0 Å². The summed E-state index contributed by atoms with van der Waals surface area (Å²) in [5, 5.41) is 10.7. The van der Waals surface area contributed by atoms with E-state index in [1.54, 1.807) is 0 Å². The van der Waals surface area contributed by atoms with Gasteiger partial charge < -0.3 is 33.8 Å². The van der Waals surface area contributed by atoms with Gasteiger partial charge in [-0.1, -0.05) is 402 Å². The normalized spacial score (nSPS) is 13.9. The number of carbonyl (C=O) groups excluding carboxylic acids is 4. The molecule has 0 spiro atoms. The maximum atomic E-state index is 13.1. The number of unbranched alkanes of at least 4 members (excludes halogenated alkanes) is 52. The Kier molecular flexibility index (Phi) is 74.7. The Labute approximate surface area is 645 Å². The fraction of sp³-hybridized carbons (Fsp3) is 0.953. The molecule has 0 fully saturated rings. The molecule has 5 atom stereocenters. The molecule has 0 aromatic carbocycles. The number of rotatable bonds is 84. The Bertz CT molecular complexity index is 2030. The van der Waals surface area contributed by atoms with Crippen molar-refractivity contribution in [3.05, 3.63) is 0 Å². The van der Waals surface area contributed by atoms with Crippen LogP contribution in [0.15, 0.2) is 0 Å². The Balaban J connectivity index is 5.23. The maximum absolute atomic E-state index is 13.1. The van der Waals surface area contributed by atoms with Crippen molar-refractivity contribution in [2.75, 3.05) is 39.6 Å². The molecule has 624 valence electrons. The van der Waals surface area contributed by atoms with Gasteiger partial charge >= 0.3 is 39.5 Å². The number of aliphatic hydroxyl groups excluding tert-OH is 1. The highest BCUT2D eigenvalue weighted by Gasteiger charge is 2.30. The molecule has 0 saturated heterocycles. The predicted molar refractivity (Wildman–Crippen MR) is 432 cm³/mol. The molecule has 0 amide bonds. The van der Waals surface area contributed by atoms with Crippen LogP contribution in [0.1, 0.15) is 453 Å². The molecule has 0 aliphatic carbocycles. The van der Waals surface area contributed by atoms with Crippen LogP contribution >= 0.6 is 15.6 Å². The minimum atomic E-state index is -4.97. The zero-order valence-electron chi connectivity index (χ0n) is 69.2. The summed E-state index contributed by atoms with van der Waals surface area (Å²) in [6.07, 6.45) is 66.6. The van der Waals surface area contributed by atoms with Crippen LogP contribution < -0.4 is 0 Å². The van der Waals surface area contributed by atoms with E-state index in [2.05, 4.69) is 48.5 Å². The standard InChI is InChI=1S/C86H168O17P2/c1-8-9-10-11-12-13-39-46-53-60-67-83(88)96-73-81(102-85(90)70-63-56-49-42-35-29-23-17-20-26-32-38-45-52-59-66-79(6)7)75-100-104(92,93)98-71-80(87)72-99-105(94,95)101-76-82(74-97-84(89)68-61-54-47-40-33-27-22-16-19-25-31-37-44-51-58-65-78(4)5)103-86(91)69-62-55-48-41-34-28-21-15-14-18-24-30-36-43-50-57-64-77(2)3/h77-82,87H,8-76H2,1-7H3,(H,92,93)(H,94,95)/t80-,81+,82+/m0/s1. The van der Waals surface area contributed by atoms with E-state index in [4.69, 9.17) is 37.0 Å². The number of ether oxygens (including phenoxy) is 4. The molecule has 17 nitrogen and oxygen atoms in total. The average Bonchev–Trinajstić information content (AvgIpc) is 0.910. The van der Waals surface area contributed by atoms with Crippen molar-refractivity contribution in [1.82, 2.24) is 0 Å². The van der Waals surface area contributed by atoms with Crippen LogP contribution in [0.2, 0.25) is 0 Å². The Hall–Kier alpha value is -1.94. The fourth-order valence-corrected chi connectivity index (χ4v) is 14.9. The van der Waals surface area contributed by atoms with Crippen molar-refractivity contribution in [3.63, 3.8) is 0 Å². The van der Waals surface area contributed by atoms with Crippen LogP contribution in [-0.2, 0) is 65.4 Å². The quantitative estimate of drug-likeness (QED) is 0.0222. The molecular formula is C86H168O17P2. The summed E-state index contributed by atoms with van der Waals surface area (Å²) in [6.45, 7) is 12.1. The molecule has 0 heterocycles. The van der Waals surface area contributed by atoms with Gasteiger partial charge in [0, 0.05) is 25.7 Å². The third-order valence-electron chi connectivity index (χ3n) is 20.1. The van der Waals surface area contributed by atoms with Crippen LogP contribution in [0.3, 0.4) is 0 Å². The highest BCUT2D eigenvalue weighted by molar-refractivity contribution is 7.47.